The van der Waals surface area contributed by atoms with Gasteiger partial charge in [0.2, 0.25) is 0 Å². The van der Waals surface area contributed by atoms with Gasteiger partial charge in [-0.25, -0.2) is 14.8 Å². The Morgan fingerprint density at radius 1 is 1.07 bits per heavy atom. The lowest BCUT2D eigenvalue weighted by molar-refractivity contribution is -0.130. The summed E-state index contributed by atoms with van der Waals surface area (Å²) < 4.78 is 10.8. The van der Waals surface area contributed by atoms with Gasteiger partial charge in [0.15, 0.2) is 11.5 Å². The average molecular weight is 413 g/mol. The first-order chi connectivity index (χ1) is 14.4. The van der Waals surface area contributed by atoms with Crippen LogP contribution < -0.4 is 19.7 Å². The largest absolute Gasteiger partial charge is 0.493 e. The Kier molecular flexibility index (Phi) is 5.36. The summed E-state index contributed by atoms with van der Waals surface area (Å²) in [4.78, 5) is 37.6. The van der Waals surface area contributed by atoms with Gasteiger partial charge in [-0.05, 0) is 24.8 Å². The molecule has 2 aliphatic rings. The summed E-state index contributed by atoms with van der Waals surface area (Å²) in [6, 6.07) is 2.93. The van der Waals surface area contributed by atoms with Crippen molar-refractivity contribution < 1.29 is 19.1 Å². The molecule has 2 aromatic rings. The summed E-state index contributed by atoms with van der Waals surface area (Å²) >= 11 is 0. The lowest BCUT2D eigenvalue weighted by Gasteiger charge is -2.36. The zero-order chi connectivity index (χ0) is 21.4. The molecule has 0 spiro atoms. The van der Waals surface area contributed by atoms with Gasteiger partial charge in [0, 0.05) is 30.6 Å². The van der Waals surface area contributed by atoms with Gasteiger partial charge in [-0.15, -0.1) is 0 Å². The molecule has 0 radical (unpaired) electrons. The van der Waals surface area contributed by atoms with Crippen LogP contribution in [0.15, 0.2) is 18.5 Å². The van der Waals surface area contributed by atoms with Crippen LogP contribution >= 0.6 is 0 Å². The van der Waals surface area contributed by atoms with Crippen LogP contribution in [0.2, 0.25) is 0 Å². The van der Waals surface area contributed by atoms with E-state index in [0.29, 0.717) is 37.4 Å². The summed E-state index contributed by atoms with van der Waals surface area (Å²) in [5.41, 5.74) is 0.772. The molecule has 1 aromatic heterocycles. The first-order valence-corrected chi connectivity index (χ1v) is 10.2. The number of benzene rings is 1. The van der Waals surface area contributed by atoms with E-state index in [1.165, 1.54) is 4.90 Å². The summed E-state index contributed by atoms with van der Waals surface area (Å²) in [5, 5.41) is 3.70. The van der Waals surface area contributed by atoms with E-state index in [1.807, 2.05) is 26.0 Å². The normalized spacial score (nSPS) is 20.2. The predicted molar refractivity (Wildman–Crippen MR) is 112 cm³/mol. The summed E-state index contributed by atoms with van der Waals surface area (Å²) in [6.07, 6.45) is 2.94. The molecule has 4 rings (SSSR count). The molecule has 2 fully saturated rings. The van der Waals surface area contributed by atoms with Crippen molar-refractivity contribution in [1.29, 1.82) is 0 Å². The highest BCUT2D eigenvalue weighted by Gasteiger charge is 2.44. The van der Waals surface area contributed by atoms with Crippen LogP contribution in [0, 0.1) is 5.92 Å². The number of piperidine rings is 1. The van der Waals surface area contributed by atoms with Gasteiger partial charge in [0.1, 0.15) is 18.2 Å². The quantitative estimate of drug-likeness (QED) is 0.751. The molecule has 0 saturated carbocycles. The molecule has 3 heterocycles. The highest BCUT2D eigenvalue weighted by Crippen LogP contribution is 2.35. The SMILES string of the molecule is COc1cc2ncnc(N3CCC(N4C(=O)NC(C(C)C)C4=O)CC3)c2cc1OC. The fraction of sp³-hybridized carbons (Fsp3) is 0.524. The fourth-order valence-corrected chi connectivity index (χ4v) is 4.27. The third-order valence-electron chi connectivity index (χ3n) is 5.92. The average Bonchev–Trinajstić information content (AvgIpc) is 3.06. The van der Waals surface area contributed by atoms with Gasteiger partial charge >= 0.3 is 6.03 Å². The molecule has 9 nitrogen and oxygen atoms in total. The second kappa shape index (κ2) is 7.97. The van der Waals surface area contributed by atoms with Crippen LogP contribution in [0.1, 0.15) is 26.7 Å². The minimum absolute atomic E-state index is 0.0749. The van der Waals surface area contributed by atoms with Gasteiger partial charge in [-0.3, -0.25) is 9.69 Å². The number of anilines is 1. The molecule has 1 atom stereocenters. The standard InChI is InChI=1S/C21H27N5O4/c1-12(2)18-20(27)26(21(28)24-18)13-5-7-25(8-6-13)19-14-9-16(29-3)17(30-4)10-15(14)22-11-23-19/h9-13,18H,5-8H2,1-4H3,(H,24,28). The molecule has 30 heavy (non-hydrogen) atoms. The Morgan fingerprint density at radius 2 is 1.73 bits per heavy atom. The van der Waals surface area contributed by atoms with Crippen molar-refractivity contribution in [1.82, 2.24) is 20.2 Å². The van der Waals surface area contributed by atoms with E-state index in [2.05, 4.69) is 20.2 Å². The number of carbonyl (C=O) groups is 2. The van der Waals surface area contributed by atoms with Crippen LogP contribution in [-0.4, -0.2) is 66.2 Å². The number of nitrogens with one attached hydrogen (secondary N) is 1. The maximum Gasteiger partial charge on any atom is 0.325 e. The van der Waals surface area contributed by atoms with Gasteiger partial charge < -0.3 is 19.7 Å². The van der Waals surface area contributed by atoms with E-state index < -0.39 is 6.04 Å². The molecule has 0 bridgehead atoms. The first kappa shape index (κ1) is 20.2. The van der Waals surface area contributed by atoms with Crippen molar-refractivity contribution in [3.05, 3.63) is 18.5 Å². The minimum Gasteiger partial charge on any atom is -0.493 e. The van der Waals surface area contributed by atoms with Gasteiger partial charge in [0.25, 0.3) is 5.91 Å². The molecule has 3 amide bonds. The molecule has 1 aromatic carbocycles. The summed E-state index contributed by atoms with van der Waals surface area (Å²) in [5.74, 6) is 2.02. The maximum absolute atomic E-state index is 12.7. The number of carbonyl (C=O) groups excluding carboxylic acids is 2. The number of hydrogen-bond donors (Lipinski definition) is 1. The number of amides is 3. The summed E-state index contributed by atoms with van der Waals surface area (Å²) in [7, 11) is 3.19. The van der Waals surface area contributed by atoms with Gasteiger partial charge in [0.05, 0.1) is 19.7 Å². The van der Waals surface area contributed by atoms with Crippen LogP contribution in [-0.2, 0) is 4.79 Å². The third-order valence-corrected chi connectivity index (χ3v) is 5.92. The van der Waals surface area contributed by atoms with E-state index >= 15 is 0 Å². The van der Waals surface area contributed by atoms with Crippen LogP contribution in [0.3, 0.4) is 0 Å². The van der Waals surface area contributed by atoms with Crippen LogP contribution in [0.4, 0.5) is 10.6 Å². The van der Waals surface area contributed by atoms with Crippen molar-refractivity contribution in [2.24, 2.45) is 5.92 Å². The molecule has 0 aliphatic carbocycles. The number of methoxy groups -OCH3 is 2. The molecule has 1 unspecified atom stereocenters. The third kappa shape index (κ3) is 3.38. The Labute approximate surface area is 175 Å². The highest BCUT2D eigenvalue weighted by atomic mass is 16.5. The number of hydrogen-bond acceptors (Lipinski definition) is 7. The number of nitrogens with zero attached hydrogens (tertiary/aromatic N) is 4. The predicted octanol–water partition coefficient (Wildman–Crippen LogP) is 2.19. The molecule has 9 heteroatoms. The fourth-order valence-electron chi connectivity index (χ4n) is 4.27. The molecular formula is C21H27N5O4. The van der Waals surface area contributed by atoms with Crippen LogP contribution in [0.5, 0.6) is 11.5 Å². The molecule has 1 N–H and O–H groups in total. The number of fused-ring (bicyclic) bond motifs is 1. The van der Waals surface area contributed by atoms with E-state index in [-0.39, 0.29) is 23.9 Å². The Balaban J connectivity index is 1.54. The molecular weight excluding hydrogens is 386 g/mol. The van der Waals surface area contributed by atoms with E-state index in [9.17, 15) is 9.59 Å². The maximum atomic E-state index is 12.7. The first-order valence-electron chi connectivity index (χ1n) is 10.2. The van der Waals surface area contributed by atoms with Crippen LogP contribution in [0.25, 0.3) is 10.9 Å². The Morgan fingerprint density at radius 3 is 2.33 bits per heavy atom. The zero-order valence-corrected chi connectivity index (χ0v) is 17.7. The van der Waals surface area contributed by atoms with E-state index in [4.69, 9.17) is 9.47 Å². The van der Waals surface area contributed by atoms with E-state index in [0.717, 1.165) is 16.7 Å². The Hall–Kier alpha value is -3.10. The molecule has 2 aliphatic heterocycles. The second-order valence-electron chi connectivity index (χ2n) is 8.02. The van der Waals surface area contributed by atoms with Crippen molar-refractivity contribution in [2.75, 3.05) is 32.2 Å². The number of aromatic nitrogens is 2. The Bertz CT molecular complexity index is 971. The number of ether oxygens (including phenoxy) is 2. The zero-order valence-electron chi connectivity index (χ0n) is 17.7. The monoisotopic (exact) mass is 413 g/mol. The smallest absolute Gasteiger partial charge is 0.325 e. The highest BCUT2D eigenvalue weighted by molar-refractivity contribution is 6.04. The number of urea groups is 1. The van der Waals surface area contributed by atoms with Crippen molar-refractivity contribution in [2.45, 2.75) is 38.8 Å². The van der Waals surface area contributed by atoms with Gasteiger partial charge in [-0.2, -0.15) is 0 Å². The van der Waals surface area contributed by atoms with Crippen molar-refractivity contribution in [3.8, 4) is 11.5 Å². The van der Waals surface area contributed by atoms with Gasteiger partial charge in [-0.1, -0.05) is 13.8 Å². The van der Waals surface area contributed by atoms with Crippen molar-refractivity contribution in [3.63, 3.8) is 0 Å². The lowest BCUT2D eigenvalue weighted by Crippen LogP contribution is -2.48. The minimum atomic E-state index is -0.427. The lowest BCUT2D eigenvalue weighted by atomic mass is 10.0. The number of rotatable bonds is 5. The topological polar surface area (TPSA) is 96.9 Å². The van der Waals surface area contributed by atoms with E-state index in [1.54, 1.807) is 20.5 Å². The summed E-state index contributed by atoms with van der Waals surface area (Å²) in [6.45, 7) is 5.26. The number of imide groups is 1. The van der Waals surface area contributed by atoms with Crippen molar-refractivity contribution >= 4 is 28.7 Å². The molecule has 160 valence electrons. The second-order valence-corrected chi connectivity index (χ2v) is 8.02. The molecule has 2 saturated heterocycles.